The molecule has 14 aromatic rings. The molecule has 0 atom stereocenters. The SMILES string of the molecule is c1ccc(-c2cccc3c2oc2c(-c4ccc5c(c4)c4cc(-c6cccc7c6oc6c(-c8ccccc8)cccc67)ccc4n5-c4cc5ccccc5c5ccccc45)cccc23)cc1. The van der Waals surface area contributed by atoms with Crippen LogP contribution in [-0.2, 0) is 0 Å². The minimum absolute atomic E-state index is 0.890. The van der Waals surface area contributed by atoms with Gasteiger partial charge >= 0.3 is 0 Å². The predicted octanol–water partition coefficient (Wildman–Crippen LogP) is 17.6. The van der Waals surface area contributed by atoms with Crippen molar-refractivity contribution >= 4 is 87.2 Å². The van der Waals surface area contributed by atoms with E-state index >= 15 is 0 Å². The van der Waals surface area contributed by atoms with Gasteiger partial charge in [-0.25, -0.2) is 0 Å². The van der Waals surface area contributed by atoms with Crippen molar-refractivity contribution in [3.63, 3.8) is 0 Å². The zero-order chi connectivity index (χ0) is 42.6. The van der Waals surface area contributed by atoms with E-state index < -0.39 is 0 Å². The summed E-state index contributed by atoms with van der Waals surface area (Å²) in [6, 6.07) is 80.8. The maximum atomic E-state index is 6.95. The molecule has 0 saturated carbocycles. The highest BCUT2D eigenvalue weighted by Gasteiger charge is 2.22. The highest BCUT2D eigenvalue weighted by molar-refractivity contribution is 6.19. The lowest BCUT2D eigenvalue weighted by atomic mass is 9.97. The Hall–Kier alpha value is -8.66. The highest BCUT2D eigenvalue weighted by atomic mass is 16.3. The van der Waals surface area contributed by atoms with Gasteiger partial charge in [0.2, 0.25) is 0 Å². The molecule has 0 unspecified atom stereocenters. The van der Waals surface area contributed by atoms with Crippen molar-refractivity contribution in [1.82, 2.24) is 4.57 Å². The van der Waals surface area contributed by atoms with Gasteiger partial charge in [0, 0.05) is 60.0 Å². The molecular formula is C62H37NO2. The number of para-hydroxylation sites is 4. The second-order valence-corrected chi connectivity index (χ2v) is 17.1. The molecule has 11 aromatic carbocycles. The normalized spacial score (nSPS) is 12.0. The average molecular weight is 828 g/mol. The maximum absolute atomic E-state index is 6.95. The van der Waals surface area contributed by atoms with Gasteiger partial charge in [-0.2, -0.15) is 0 Å². The molecule has 3 nitrogen and oxygen atoms in total. The fourth-order valence-electron chi connectivity index (χ4n) is 10.6. The topological polar surface area (TPSA) is 31.2 Å². The molecule has 3 heteroatoms. The van der Waals surface area contributed by atoms with E-state index in [9.17, 15) is 0 Å². The third-order valence-electron chi connectivity index (χ3n) is 13.6. The molecule has 0 spiro atoms. The lowest BCUT2D eigenvalue weighted by molar-refractivity contribution is 0.670. The van der Waals surface area contributed by atoms with Gasteiger partial charge in [-0.05, 0) is 68.7 Å². The second-order valence-electron chi connectivity index (χ2n) is 17.1. The van der Waals surface area contributed by atoms with Crippen LogP contribution >= 0.6 is 0 Å². The third kappa shape index (κ3) is 5.36. The van der Waals surface area contributed by atoms with Crippen molar-refractivity contribution in [1.29, 1.82) is 0 Å². The van der Waals surface area contributed by atoms with E-state index in [-0.39, 0.29) is 0 Å². The van der Waals surface area contributed by atoms with Crippen molar-refractivity contribution in [3.05, 3.63) is 224 Å². The number of furan rings is 2. The molecule has 302 valence electrons. The number of aromatic nitrogens is 1. The van der Waals surface area contributed by atoms with Crippen molar-refractivity contribution in [3.8, 4) is 50.2 Å². The van der Waals surface area contributed by atoms with Gasteiger partial charge in [-0.1, -0.05) is 194 Å². The van der Waals surface area contributed by atoms with Crippen molar-refractivity contribution in [2.45, 2.75) is 0 Å². The Kier molecular flexibility index (Phi) is 7.69. The summed E-state index contributed by atoms with van der Waals surface area (Å²) in [4.78, 5) is 0. The molecule has 65 heavy (non-hydrogen) atoms. The lowest BCUT2D eigenvalue weighted by Crippen LogP contribution is -1.96. The Labute approximate surface area is 373 Å². The predicted molar refractivity (Wildman–Crippen MR) is 272 cm³/mol. The molecule has 14 rings (SSSR count). The van der Waals surface area contributed by atoms with E-state index in [0.717, 1.165) is 116 Å². The molecule has 0 aliphatic carbocycles. The Bertz CT molecular complexity index is 4010. The molecule has 3 aromatic heterocycles. The van der Waals surface area contributed by atoms with Crippen LogP contribution < -0.4 is 0 Å². The fraction of sp³-hybridized carbons (Fsp3) is 0. The summed E-state index contributed by atoms with van der Waals surface area (Å²) in [5, 5.41) is 11.7. The molecule has 0 aliphatic heterocycles. The van der Waals surface area contributed by atoms with Crippen LogP contribution in [0.15, 0.2) is 233 Å². The summed E-state index contributed by atoms with van der Waals surface area (Å²) in [6.45, 7) is 0. The number of hydrogen-bond donors (Lipinski definition) is 0. The first-order valence-corrected chi connectivity index (χ1v) is 22.2. The molecule has 0 fully saturated rings. The highest BCUT2D eigenvalue weighted by Crippen LogP contribution is 2.45. The van der Waals surface area contributed by atoms with Gasteiger partial charge in [0.25, 0.3) is 0 Å². The van der Waals surface area contributed by atoms with Crippen LogP contribution in [0.2, 0.25) is 0 Å². The number of hydrogen-bond acceptors (Lipinski definition) is 2. The molecule has 0 N–H and O–H groups in total. The number of benzene rings is 11. The molecule has 0 aliphatic rings. The van der Waals surface area contributed by atoms with Crippen LogP contribution in [0.5, 0.6) is 0 Å². The standard InChI is InChI=1S/C62H37NO2/c1-3-15-38(16-4-1)44-23-11-27-50-52-29-13-25-46(61(52)64-59(44)50)41-31-33-56-54(35-41)55-36-42(32-34-57(55)63(56)58-37-40-19-7-8-20-43(40)48-21-9-10-22-49(48)58)47-26-14-30-53-51-28-12-24-45(60(51)65-62(47)53)39-17-5-2-6-18-39/h1-37H. The minimum atomic E-state index is 0.890. The molecule has 0 bridgehead atoms. The van der Waals surface area contributed by atoms with Gasteiger partial charge < -0.3 is 13.4 Å². The van der Waals surface area contributed by atoms with E-state index in [0.29, 0.717) is 0 Å². The molecule has 3 heterocycles. The largest absolute Gasteiger partial charge is 0.455 e. The summed E-state index contributed by atoms with van der Waals surface area (Å²) in [5.41, 5.74) is 15.8. The van der Waals surface area contributed by atoms with Crippen LogP contribution in [0, 0.1) is 0 Å². The summed E-state index contributed by atoms with van der Waals surface area (Å²) in [6.07, 6.45) is 0. The number of rotatable bonds is 5. The Morgan fingerprint density at radius 1 is 0.246 bits per heavy atom. The monoisotopic (exact) mass is 827 g/mol. The van der Waals surface area contributed by atoms with Gasteiger partial charge in [-0.15, -0.1) is 0 Å². The van der Waals surface area contributed by atoms with Crippen LogP contribution in [0.25, 0.3) is 137 Å². The Balaban J connectivity index is 1.03. The van der Waals surface area contributed by atoms with Gasteiger partial charge in [0.1, 0.15) is 22.3 Å². The lowest BCUT2D eigenvalue weighted by Gasteiger charge is -2.14. The smallest absolute Gasteiger partial charge is 0.143 e. The Morgan fingerprint density at radius 3 is 1.11 bits per heavy atom. The van der Waals surface area contributed by atoms with E-state index in [4.69, 9.17) is 8.83 Å². The third-order valence-corrected chi connectivity index (χ3v) is 13.6. The van der Waals surface area contributed by atoms with Gasteiger partial charge in [-0.3, -0.25) is 0 Å². The number of fused-ring (bicyclic) bond motifs is 12. The maximum Gasteiger partial charge on any atom is 0.143 e. The van der Waals surface area contributed by atoms with Crippen LogP contribution in [0.4, 0.5) is 0 Å². The van der Waals surface area contributed by atoms with Gasteiger partial charge in [0.15, 0.2) is 0 Å². The quantitative estimate of drug-likeness (QED) is 0.162. The van der Waals surface area contributed by atoms with Crippen LogP contribution in [-0.4, -0.2) is 4.57 Å². The van der Waals surface area contributed by atoms with E-state index in [1.807, 2.05) is 0 Å². The van der Waals surface area contributed by atoms with Crippen LogP contribution in [0.3, 0.4) is 0 Å². The molecule has 0 saturated heterocycles. The summed E-state index contributed by atoms with van der Waals surface area (Å²) in [7, 11) is 0. The van der Waals surface area contributed by atoms with Crippen molar-refractivity contribution in [2.24, 2.45) is 0 Å². The summed E-state index contributed by atoms with van der Waals surface area (Å²) >= 11 is 0. The average Bonchev–Trinajstić information content (AvgIpc) is 4.06. The zero-order valence-corrected chi connectivity index (χ0v) is 35.1. The fourth-order valence-corrected chi connectivity index (χ4v) is 10.6. The van der Waals surface area contributed by atoms with E-state index in [1.165, 1.54) is 21.5 Å². The first-order chi connectivity index (χ1) is 32.2. The van der Waals surface area contributed by atoms with Crippen molar-refractivity contribution in [2.75, 3.05) is 0 Å². The van der Waals surface area contributed by atoms with E-state index in [2.05, 4.69) is 229 Å². The van der Waals surface area contributed by atoms with Gasteiger partial charge in [0.05, 0.1) is 16.7 Å². The first kappa shape index (κ1) is 35.9. The zero-order valence-electron chi connectivity index (χ0n) is 35.1. The number of nitrogens with zero attached hydrogens (tertiary/aromatic N) is 1. The van der Waals surface area contributed by atoms with Crippen molar-refractivity contribution < 1.29 is 8.83 Å². The molecule has 0 amide bonds. The molecule has 0 radical (unpaired) electrons. The molecular weight excluding hydrogens is 791 g/mol. The first-order valence-electron chi connectivity index (χ1n) is 22.2. The van der Waals surface area contributed by atoms with E-state index in [1.54, 1.807) is 0 Å². The summed E-state index contributed by atoms with van der Waals surface area (Å²) in [5.74, 6) is 0. The summed E-state index contributed by atoms with van der Waals surface area (Å²) < 4.78 is 16.4. The van der Waals surface area contributed by atoms with Crippen LogP contribution in [0.1, 0.15) is 0 Å². The minimum Gasteiger partial charge on any atom is -0.455 e. The Morgan fingerprint density at radius 2 is 0.631 bits per heavy atom. The second kappa shape index (κ2) is 13.9.